The van der Waals surface area contributed by atoms with Crippen LogP contribution in [0, 0.1) is 0 Å². The molecule has 0 spiro atoms. The van der Waals surface area contributed by atoms with Crippen LogP contribution in [-0.2, 0) is 16.1 Å². The Balaban J connectivity index is 1.66. The number of halogens is 1. The van der Waals surface area contributed by atoms with Gasteiger partial charge in [0, 0.05) is 24.9 Å². The first-order valence-corrected chi connectivity index (χ1v) is 7.95. The Bertz CT molecular complexity index is 675. The molecule has 3 rings (SSSR count). The molecule has 0 radical (unpaired) electrons. The molecule has 1 fully saturated rings. The van der Waals surface area contributed by atoms with Gasteiger partial charge in [0.15, 0.2) is 0 Å². The first-order chi connectivity index (χ1) is 10.5. The summed E-state index contributed by atoms with van der Waals surface area (Å²) >= 11 is 6.14. The Morgan fingerprint density at radius 1 is 1.36 bits per heavy atom. The Hall–Kier alpha value is -1.59. The molecule has 6 heteroatoms. The van der Waals surface area contributed by atoms with E-state index in [0.29, 0.717) is 31.1 Å². The van der Waals surface area contributed by atoms with Crippen molar-refractivity contribution in [2.75, 3.05) is 13.1 Å². The fraction of sp³-hybridized carbons (Fsp3) is 0.500. The van der Waals surface area contributed by atoms with E-state index >= 15 is 0 Å². The lowest BCUT2D eigenvalue weighted by atomic mass is 10.2. The molecule has 1 aliphatic rings. The average Bonchev–Trinajstić information content (AvgIpc) is 2.88. The minimum atomic E-state index is 0.0945. The molecule has 1 amide bonds. The maximum absolute atomic E-state index is 12.4. The number of benzene rings is 1. The number of aryl methyl sites for hydroxylation is 1. The van der Waals surface area contributed by atoms with Crippen molar-refractivity contribution < 1.29 is 9.53 Å². The molecule has 2 heterocycles. The lowest BCUT2D eigenvalue weighted by Crippen LogP contribution is -2.48. The summed E-state index contributed by atoms with van der Waals surface area (Å²) in [5.41, 5.74) is 0.962. The summed E-state index contributed by atoms with van der Waals surface area (Å²) in [7, 11) is 0. The smallest absolute Gasteiger partial charge is 0.224 e. The van der Waals surface area contributed by atoms with Crippen molar-refractivity contribution in [3.63, 3.8) is 0 Å². The number of aromatic nitrogens is 2. The average molecular weight is 322 g/mol. The highest BCUT2D eigenvalue weighted by Gasteiger charge is 2.25. The Kier molecular flexibility index (Phi) is 4.36. The second-order valence-electron chi connectivity index (χ2n) is 5.85. The topological polar surface area (TPSA) is 47.4 Å². The van der Waals surface area contributed by atoms with E-state index in [4.69, 9.17) is 16.3 Å². The fourth-order valence-electron chi connectivity index (χ4n) is 2.99. The highest BCUT2D eigenvalue weighted by molar-refractivity contribution is 6.35. The molecule has 2 atom stereocenters. The molecule has 0 bridgehead atoms. The number of carbonyl (C=O) groups excluding carboxylic acids is 1. The number of morpholine rings is 1. The Labute approximate surface area is 134 Å². The van der Waals surface area contributed by atoms with E-state index in [-0.39, 0.29) is 18.1 Å². The molecule has 1 aliphatic heterocycles. The van der Waals surface area contributed by atoms with Crippen LogP contribution < -0.4 is 0 Å². The van der Waals surface area contributed by atoms with Crippen molar-refractivity contribution in [1.82, 2.24) is 14.7 Å². The van der Waals surface area contributed by atoms with Crippen LogP contribution in [0.5, 0.6) is 0 Å². The number of hydrogen-bond donors (Lipinski definition) is 0. The van der Waals surface area contributed by atoms with E-state index in [1.54, 1.807) is 6.20 Å². The van der Waals surface area contributed by atoms with Crippen LogP contribution in [0.2, 0.25) is 5.02 Å². The maximum atomic E-state index is 12.4. The number of ether oxygens (including phenoxy) is 1. The van der Waals surface area contributed by atoms with Crippen LogP contribution in [-0.4, -0.2) is 45.9 Å². The van der Waals surface area contributed by atoms with Crippen molar-refractivity contribution in [2.24, 2.45) is 0 Å². The van der Waals surface area contributed by atoms with Gasteiger partial charge in [-0.05, 0) is 26.0 Å². The predicted octanol–water partition coefficient (Wildman–Crippen LogP) is 2.72. The van der Waals surface area contributed by atoms with E-state index in [1.165, 1.54) is 0 Å². The SMILES string of the molecule is C[C@H]1CN(C(=O)CCn2ncc3c(Cl)cccc32)C[C@H](C)O1. The van der Waals surface area contributed by atoms with Gasteiger partial charge in [0.1, 0.15) is 0 Å². The molecule has 22 heavy (non-hydrogen) atoms. The molecule has 0 unspecified atom stereocenters. The monoisotopic (exact) mass is 321 g/mol. The molecule has 0 N–H and O–H groups in total. The summed E-state index contributed by atoms with van der Waals surface area (Å²) in [5.74, 6) is 0.146. The van der Waals surface area contributed by atoms with E-state index < -0.39 is 0 Å². The van der Waals surface area contributed by atoms with Crippen LogP contribution in [0.3, 0.4) is 0 Å². The molecule has 1 saturated heterocycles. The molecule has 0 aliphatic carbocycles. The highest BCUT2D eigenvalue weighted by Crippen LogP contribution is 2.23. The molecule has 1 aromatic heterocycles. The number of carbonyl (C=O) groups is 1. The Morgan fingerprint density at radius 3 is 2.82 bits per heavy atom. The molecule has 0 saturated carbocycles. The molecular weight excluding hydrogens is 302 g/mol. The first-order valence-electron chi connectivity index (χ1n) is 7.58. The van der Waals surface area contributed by atoms with E-state index in [1.807, 2.05) is 41.6 Å². The van der Waals surface area contributed by atoms with Gasteiger partial charge < -0.3 is 9.64 Å². The van der Waals surface area contributed by atoms with Gasteiger partial charge >= 0.3 is 0 Å². The number of rotatable bonds is 3. The minimum Gasteiger partial charge on any atom is -0.372 e. The lowest BCUT2D eigenvalue weighted by molar-refractivity contribution is -0.143. The van der Waals surface area contributed by atoms with Crippen LogP contribution >= 0.6 is 11.6 Å². The number of amides is 1. The fourth-order valence-corrected chi connectivity index (χ4v) is 3.21. The summed E-state index contributed by atoms with van der Waals surface area (Å²) in [4.78, 5) is 14.3. The van der Waals surface area contributed by atoms with Gasteiger partial charge in [-0.1, -0.05) is 17.7 Å². The van der Waals surface area contributed by atoms with Gasteiger partial charge in [-0.25, -0.2) is 0 Å². The summed E-state index contributed by atoms with van der Waals surface area (Å²) in [6.07, 6.45) is 2.37. The summed E-state index contributed by atoms with van der Waals surface area (Å²) in [6, 6.07) is 5.71. The second kappa shape index (κ2) is 6.26. The predicted molar refractivity (Wildman–Crippen MR) is 85.9 cm³/mol. The largest absolute Gasteiger partial charge is 0.372 e. The summed E-state index contributed by atoms with van der Waals surface area (Å²) in [6.45, 7) is 5.88. The highest BCUT2D eigenvalue weighted by atomic mass is 35.5. The summed E-state index contributed by atoms with van der Waals surface area (Å²) < 4.78 is 7.50. The van der Waals surface area contributed by atoms with E-state index in [0.717, 1.165) is 10.9 Å². The number of hydrogen-bond acceptors (Lipinski definition) is 3. The molecular formula is C16H20ClN3O2. The van der Waals surface area contributed by atoms with Crippen molar-refractivity contribution in [2.45, 2.75) is 39.0 Å². The van der Waals surface area contributed by atoms with Crippen LogP contribution in [0.25, 0.3) is 10.9 Å². The first kappa shape index (κ1) is 15.3. The standard InChI is InChI=1S/C16H20ClN3O2/c1-11-9-19(10-12(2)22-11)16(21)6-7-20-15-5-3-4-14(17)13(15)8-18-20/h3-5,8,11-12H,6-7,9-10H2,1-2H3/t11-,12-/m0/s1. The second-order valence-corrected chi connectivity index (χ2v) is 6.25. The maximum Gasteiger partial charge on any atom is 0.224 e. The van der Waals surface area contributed by atoms with Gasteiger partial charge in [-0.3, -0.25) is 9.48 Å². The van der Waals surface area contributed by atoms with Crippen molar-refractivity contribution in [1.29, 1.82) is 0 Å². The van der Waals surface area contributed by atoms with Crippen LogP contribution in [0.15, 0.2) is 24.4 Å². The van der Waals surface area contributed by atoms with Gasteiger partial charge in [-0.15, -0.1) is 0 Å². The number of fused-ring (bicyclic) bond motifs is 1. The van der Waals surface area contributed by atoms with Gasteiger partial charge in [-0.2, -0.15) is 5.10 Å². The Morgan fingerprint density at radius 2 is 2.09 bits per heavy atom. The zero-order chi connectivity index (χ0) is 15.7. The van der Waals surface area contributed by atoms with Crippen LogP contribution in [0.1, 0.15) is 20.3 Å². The van der Waals surface area contributed by atoms with E-state index in [2.05, 4.69) is 5.10 Å². The van der Waals surface area contributed by atoms with Gasteiger partial charge in [0.25, 0.3) is 0 Å². The van der Waals surface area contributed by atoms with E-state index in [9.17, 15) is 4.79 Å². The van der Waals surface area contributed by atoms with Gasteiger partial charge in [0.2, 0.25) is 5.91 Å². The van der Waals surface area contributed by atoms with Crippen molar-refractivity contribution in [3.05, 3.63) is 29.4 Å². The lowest BCUT2D eigenvalue weighted by Gasteiger charge is -2.35. The zero-order valence-electron chi connectivity index (χ0n) is 12.8. The molecule has 118 valence electrons. The molecule has 2 aromatic rings. The zero-order valence-corrected chi connectivity index (χ0v) is 13.6. The number of nitrogens with zero attached hydrogens (tertiary/aromatic N) is 3. The third kappa shape index (κ3) is 3.10. The molecule has 5 nitrogen and oxygen atoms in total. The quantitative estimate of drug-likeness (QED) is 0.873. The molecule has 1 aromatic carbocycles. The van der Waals surface area contributed by atoms with Crippen LogP contribution in [0.4, 0.5) is 0 Å². The van der Waals surface area contributed by atoms with Crippen molar-refractivity contribution >= 4 is 28.4 Å². The van der Waals surface area contributed by atoms with Crippen molar-refractivity contribution in [3.8, 4) is 0 Å². The third-order valence-corrected chi connectivity index (χ3v) is 4.27. The summed E-state index contributed by atoms with van der Waals surface area (Å²) in [5, 5.41) is 5.95. The normalized spacial score (nSPS) is 22.2. The minimum absolute atomic E-state index is 0.0945. The van der Waals surface area contributed by atoms with Gasteiger partial charge in [0.05, 0.1) is 35.5 Å². The third-order valence-electron chi connectivity index (χ3n) is 3.94.